The number of aromatic nitrogens is 1. The molecular formula is C23H22N2O5. The lowest BCUT2D eigenvalue weighted by Crippen LogP contribution is -2.10. The number of furan rings is 1. The molecule has 0 aliphatic carbocycles. The van der Waals surface area contributed by atoms with E-state index in [2.05, 4.69) is 10.3 Å². The zero-order valence-electron chi connectivity index (χ0n) is 16.9. The number of rotatable bonds is 7. The monoisotopic (exact) mass is 406 g/mol. The van der Waals surface area contributed by atoms with Crippen LogP contribution in [0.1, 0.15) is 21.9 Å². The predicted molar refractivity (Wildman–Crippen MR) is 114 cm³/mol. The second-order valence-corrected chi connectivity index (χ2v) is 6.69. The number of benzene rings is 2. The molecule has 7 nitrogen and oxygen atoms in total. The van der Waals surface area contributed by atoms with E-state index >= 15 is 0 Å². The van der Waals surface area contributed by atoms with Gasteiger partial charge in [0, 0.05) is 46.9 Å². The summed E-state index contributed by atoms with van der Waals surface area (Å²) in [6.07, 6.45) is 2.26. The number of carbonyl (C=O) groups is 1. The van der Waals surface area contributed by atoms with E-state index in [0.29, 0.717) is 35.1 Å². The molecule has 0 aliphatic rings. The summed E-state index contributed by atoms with van der Waals surface area (Å²) in [7, 11) is 4.75. The van der Waals surface area contributed by atoms with E-state index in [4.69, 9.17) is 18.6 Å². The number of aromatic amines is 1. The van der Waals surface area contributed by atoms with Crippen molar-refractivity contribution in [2.24, 2.45) is 0 Å². The zero-order valence-corrected chi connectivity index (χ0v) is 16.9. The SMILES string of the molecule is COc1cc(OC)c(Cc2ccc(C(=O)Nc3ccc4[nH]ccc4c3)o2)c(OC)c1. The number of fused-ring (bicyclic) bond motifs is 1. The Morgan fingerprint density at radius 1 is 0.967 bits per heavy atom. The number of methoxy groups -OCH3 is 3. The lowest BCUT2D eigenvalue weighted by Gasteiger charge is -2.14. The summed E-state index contributed by atoms with van der Waals surface area (Å²) in [5.74, 6) is 2.39. The Kier molecular flexibility index (Phi) is 5.34. The van der Waals surface area contributed by atoms with Crippen LogP contribution < -0.4 is 19.5 Å². The normalized spacial score (nSPS) is 10.8. The smallest absolute Gasteiger partial charge is 0.291 e. The number of amides is 1. The van der Waals surface area contributed by atoms with Crippen LogP contribution in [-0.4, -0.2) is 32.2 Å². The molecule has 7 heteroatoms. The van der Waals surface area contributed by atoms with Crippen molar-refractivity contribution in [3.8, 4) is 17.2 Å². The van der Waals surface area contributed by atoms with Crippen molar-refractivity contribution in [2.75, 3.05) is 26.6 Å². The van der Waals surface area contributed by atoms with Gasteiger partial charge < -0.3 is 28.9 Å². The lowest BCUT2D eigenvalue weighted by molar-refractivity contribution is 0.0995. The van der Waals surface area contributed by atoms with Crippen LogP contribution >= 0.6 is 0 Å². The number of hydrogen-bond acceptors (Lipinski definition) is 5. The van der Waals surface area contributed by atoms with Crippen LogP contribution in [0.5, 0.6) is 17.2 Å². The van der Waals surface area contributed by atoms with E-state index in [1.807, 2.05) is 30.5 Å². The predicted octanol–water partition coefficient (Wildman–Crippen LogP) is 4.63. The molecule has 4 rings (SSSR count). The number of anilines is 1. The Hall–Kier alpha value is -3.87. The van der Waals surface area contributed by atoms with Gasteiger partial charge in [0.25, 0.3) is 5.91 Å². The second kappa shape index (κ2) is 8.24. The Morgan fingerprint density at radius 3 is 2.43 bits per heavy atom. The number of hydrogen-bond donors (Lipinski definition) is 2. The van der Waals surface area contributed by atoms with Gasteiger partial charge in [-0.05, 0) is 36.4 Å². The summed E-state index contributed by atoms with van der Waals surface area (Å²) in [5, 5.41) is 3.89. The molecule has 0 aliphatic heterocycles. The molecular weight excluding hydrogens is 384 g/mol. The second-order valence-electron chi connectivity index (χ2n) is 6.69. The fraction of sp³-hybridized carbons (Fsp3) is 0.174. The summed E-state index contributed by atoms with van der Waals surface area (Å²) >= 11 is 0. The van der Waals surface area contributed by atoms with Crippen LogP contribution in [0.25, 0.3) is 10.9 Å². The molecule has 0 spiro atoms. The first kappa shape index (κ1) is 19.4. The van der Waals surface area contributed by atoms with E-state index in [1.165, 1.54) is 0 Å². The van der Waals surface area contributed by atoms with Crippen LogP contribution in [0.3, 0.4) is 0 Å². The quantitative estimate of drug-likeness (QED) is 0.467. The lowest BCUT2D eigenvalue weighted by atomic mass is 10.1. The first-order valence-corrected chi connectivity index (χ1v) is 9.37. The van der Waals surface area contributed by atoms with Gasteiger partial charge in [0.05, 0.1) is 21.3 Å². The molecule has 2 aromatic carbocycles. The highest BCUT2D eigenvalue weighted by Crippen LogP contribution is 2.36. The highest BCUT2D eigenvalue weighted by molar-refractivity contribution is 6.03. The number of H-pyrrole nitrogens is 1. The van der Waals surface area contributed by atoms with Gasteiger partial charge in [-0.1, -0.05) is 0 Å². The number of nitrogens with one attached hydrogen (secondary N) is 2. The first-order chi connectivity index (χ1) is 14.6. The molecule has 30 heavy (non-hydrogen) atoms. The number of ether oxygens (including phenoxy) is 3. The van der Waals surface area contributed by atoms with Gasteiger partial charge >= 0.3 is 0 Å². The molecule has 2 heterocycles. The molecule has 0 radical (unpaired) electrons. The molecule has 0 fully saturated rings. The van der Waals surface area contributed by atoms with Crippen molar-refractivity contribution in [3.63, 3.8) is 0 Å². The minimum atomic E-state index is -0.315. The van der Waals surface area contributed by atoms with Crippen molar-refractivity contribution in [1.82, 2.24) is 4.98 Å². The molecule has 2 N–H and O–H groups in total. The Balaban J connectivity index is 1.53. The maximum Gasteiger partial charge on any atom is 0.291 e. The highest BCUT2D eigenvalue weighted by atomic mass is 16.5. The summed E-state index contributed by atoms with van der Waals surface area (Å²) in [6.45, 7) is 0. The molecule has 0 atom stereocenters. The Labute approximate surface area is 173 Å². The summed E-state index contributed by atoms with van der Waals surface area (Å²) in [6, 6.07) is 14.6. The van der Waals surface area contributed by atoms with E-state index < -0.39 is 0 Å². The zero-order chi connectivity index (χ0) is 21.1. The van der Waals surface area contributed by atoms with Gasteiger partial charge in [-0.3, -0.25) is 4.79 Å². The maximum absolute atomic E-state index is 12.6. The third kappa shape index (κ3) is 3.82. The van der Waals surface area contributed by atoms with Gasteiger partial charge in [-0.15, -0.1) is 0 Å². The molecule has 0 unspecified atom stereocenters. The molecule has 1 amide bonds. The van der Waals surface area contributed by atoms with Gasteiger partial charge in [-0.25, -0.2) is 0 Å². The average Bonchev–Trinajstić information content (AvgIpc) is 3.42. The van der Waals surface area contributed by atoms with E-state index in [0.717, 1.165) is 16.5 Å². The first-order valence-electron chi connectivity index (χ1n) is 9.37. The highest BCUT2D eigenvalue weighted by Gasteiger charge is 2.17. The Morgan fingerprint density at radius 2 is 1.73 bits per heavy atom. The summed E-state index contributed by atoms with van der Waals surface area (Å²) in [4.78, 5) is 15.7. The largest absolute Gasteiger partial charge is 0.496 e. The van der Waals surface area contributed by atoms with Crippen LogP contribution in [0.15, 0.2) is 59.1 Å². The minimum absolute atomic E-state index is 0.227. The fourth-order valence-electron chi connectivity index (χ4n) is 3.34. The van der Waals surface area contributed by atoms with Gasteiger partial charge in [0.15, 0.2) is 5.76 Å². The number of carbonyl (C=O) groups excluding carboxylic acids is 1. The van der Waals surface area contributed by atoms with Crippen molar-refractivity contribution >= 4 is 22.5 Å². The van der Waals surface area contributed by atoms with Gasteiger partial charge in [0.2, 0.25) is 0 Å². The summed E-state index contributed by atoms with van der Waals surface area (Å²) < 4.78 is 22.0. The molecule has 0 bridgehead atoms. The summed E-state index contributed by atoms with van der Waals surface area (Å²) in [5.41, 5.74) is 2.51. The molecule has 4 aromatic rings. The average molecular weight is 406 g/mol. The van der Waals surface area contributed by atoms with Crippen LogP contribution in [0.2, 0.25) is 0 Å². The third-order valence-corrected chi connectivity index (χ3v) is 4.86. The van der Waals surface area contributed by atoms with Gasteiger partial charge in [0.1, 0.15) is 23.0 Å². The third-order valence-electron chi connectivity index (χ3n) is 4.86. The Bertz CT molecular complexity index is 1170. The van der Waals surface area contributed by atoms with Crippen molar-refractivity contribution in [3.05, 3.63) is 71.8 Å². The van der Waals surface area contributed by atoms with E-state index in [-0.39, 0.29) is 11.7 Å². The topological polar surface area (TPSA) is 85.7 Å². The van der Waals surface area contributed by atoms with E-state index in [9.17, 15) is 4.79 Å². The van der Waals surface area contributed by atoms with Crippen LogP contribution in [-0.2, 0) is 6.42 Å². The van der Waals surface area contributed by atoms with Crippen molar-refractivity contribution in [1.29, 1.82) is 0 Å². The van der Waals surface area contributed by atoms with Crippen molar-refractivity contribution < 1.29 is 23.4 Å². The standard InChI is InChI=1S/C23H22N2O5/c1-27-17-12-21(28-2)18(22(13-17)29-3)11-16-5-7-20(30-16)23(26)25-15-4-6-19-14(10-15)8-9-24-19/h4-10,12-13,24H,11H2,1-3H3,(H,25,26). The maximum atomic E-state index is 12.6. The fourth-order valence-corrected chi connectivity index (χ4v) is 3.34. The van der Waals surface area contributed by atoms with Crippen LogP contribution in [0.4, 0.5) is 5.69 Å². The molecule has 154 valence electrons. The molecule has 0 saturated carbocycles. The van der Waals surface area contributed by atoms with Crippen LogP contribution in [0, 0.1) is 0 Å². The molecule has 0 saturated heterocycles. The van der Waals surface area contributed by atoms with Gasteiger partial charge in [-0.2, -0.15) is 0 Å². The van der Waals surface area contributed by atoms with E-state index in [1.54, 1.807) is 45.6 Å². The minimum Gasteiger partial charge on any atom is -0.496 e. The molecule has 2 aromatic heterocycles. The van der Waals surface area contributed by atoms with Crippen molar-refractivity contribution in [2.45, 2.75) is 6.42 Å².